The van der Waals surface area contributed by atoms with Crippen LogP contribution >= 0.6 is 11.6 Å². The largest absolute Gasteiger partial charge is 0.299 e. The molecule has 0 fully saturated rings. The van der Waals surface area contributed by atoms with Crippen LogP contribution in [0.4, 0.5) is 0 Å². The number of rotatable bonds is 6. The van der Waals surface area contributed by atoms with Crippen molar-refractivity contribution >= 4 is 17.4 Å². The molecule has 0 aliphatic rings. The summed E-state index contributed by atoms with van der Waals surface area (Å²) in [7, 11) is 0. The zero-order valence-electron chi connectivity index (χ0n) is 7.85. The minimum absolute atomic E-state index is 0.182. The van der Waals surface area contributed by atoms with Crippen molar-refractivity contribution in [2.45, 2.75) is 33.1 Å². The first-order valence-corrected chi connectivity index (χ1v) is 4.95. The smallest absolute Gasteiger partial charge is 0.135 e. The van der Waals surface area contributed by atoms with E-state index in [0.717, 1.165) is 12.8 Å². The molecule has 0 spiro atoms. The Bertz CT molecular complexity index is 150. The van der Waals surface area contributed by atoms with Crippen LogP contribution in [0.1, 0.15) is 33.1 Å². The van der Waals surface area contributed by atoms with E-state index >= 15 is 0 Å². The number of carbonyl (C=O) groups excluding carboxylic acids is 1. The van der Waals surface area contributed by atoms with Crippen LogP contribution in [0.25, 0.3) is 0 Å². The number of hydrogen-bond donors (Lipinski definition) is 0. The molecule has 0 aromatic carbocycles. The molecule has 0 aromatic rings. The van der Waals surface area contributed by atoms with Crippen LogP contribution in [0.3, 0.4) is 0 Å². The highest BCUT2D eigenvalue weighted by atomic mass is 35.5. The fraction of sp³-hybridized carbons (Fsp3) is 0.700. The molecule has 12 heavy (non-hydrogen) atoms. The van der Waals surface area contributed by atoms with Gasteiger partial charge in [-0.1, -0.05) is 26.0 Å². The predicted molar refractivity (Wildman–Crippen MR) is 53.6 cm³/mol. The third-order valence-electron chi connectivity index (χ3n) is 1.69. The maximum Gasteiger partial charge on any atom is 0.135 e. The average Bonchev–Trinajstić information content (AvgIpc) is 2.03. The second-order valence-electron chi connectivity index (χ2n) is 3.14. The first-order chi connectivity index (χ1) is 5.68. The van der Waals surface area contributed by atoms with Crippen LogP contribution in [-0.2, 0) is 4.79 Å². The van der Waals surface area contributed by atoms with E-state index in [2.05, 4.69) is 0 Å². The minimum atomic E-state index is 0.182. The molecule has 2 heteroatoms. The molecular formula is C10H17ClO. The standard InChI is InChI=1S/C10H17ClO/c1-9(2)10(12)7-5-3-4-6-8-11/h4,6,9H,3,5,7-8H2,1-2H3/b6-4+. The molecule has 70 valence electrons. The second-order valence-corrected chi connectivity index (χ2v) is 3.45. The maximum atomic E-state index is 11.1. The van der Waals surface area contributed by atoms with E-state index in [1.165, 1.54) is 0 Å². The maximum absolute atomic E-state index is 11.1. The van der Waals surface area contributed by atoms with Crippen molar-refractivity contribution in [3.8, 4) is 0 Å². The highest BCUT2D eigenvalue weighted by molar-refractivity contribution is 6.18. The molecule has 0 amide bonds. The summed E-state index contributed by atoms with van der Waals surface area (Å²) < 4.78 is 0. The first kappa shape index (κ1) is 11.7. The Labute approximate surface area is 79.8 Å². The molecule has 0 unspecified atom stereocenters. The van der Waals surface area contributed by atoms with E-state index in [0.29, 0.717) is 18.1 Å². The molecule has 0 aliphatic heterocycles. The highest BCUT2D eigenvalue weighted by Crippen LogP contribution is 2.04. The van der Waals surface area contributed by atoms with Gasteiger partial charge in [-0.25, -0.2) is 0 Å². The normalized spacial score (nSPS) is 11.3. The van der Waals surface area contributed by atoms with Crippen molar-refractivity contribution in [3.05, 3.63) is 12.2 Å². The van der Waals surface area contributed by atoms with Gasteiger partial charge in [-0.05, 0) is 12.8 Å². The van der Waals surface area contributed by atoms with Crippen LogP contribution < -0.4 is 0 Å². The van der Waals surface area contributed by atoms with Crippen molar-refractivity contribution < 1.29 is 4.79 Å². The van der Waals surface area contributed by atoms with Crippen LogP contribution in [-0.4, -0.2) is 11.7 Å². The predicted octanol–water partition coefficient (Wildman–Crippen LogP) is 3.18. The lowest BCUT2D eigenvalue weighted by Gasteiger charge is -2.01. The fourth-order valence-electron chi connectivity index (χ4n) is 0.864. The van der Waals surface area contributed by atoms with Gasteiger partial charge in [0.2, 0.25) is 0 Å². The lowest BCUT2D eigenvalue weighted by atomic mass is 10.0. The molecule has 0 radical (unpaired) electrons. The van der Waals surface area contributed by atoms with Crippen molar-refractivity contribution in [1.29, 1.82) is 0 Å². The molecule has 0 aliphatic carbocycles. The van der Waals surface area contributed by atoms with E-state index in [4.69, 9.17) is 11.6 Å². The Morgan fingerprint density at radius 1 is 1.42 bits per heavy atom. The molecule has 0 rings (SSSR count). The lowest BCUT2D eigenvalue weighted by Crippen LogP contribution is -2.05. The third-order valence-corrected chi connectivity index (χ3v) is 1.87. The number of carbonyl (C=O) groups is 1. The van der Waals surface area contributed by atoms with E-state index in [1.54, 1.807) is 0 Å². The lowest BCUT2D eigenvalue weighted by molar-refractivity contribution is -0.121. The summed E-state index contributed by atoms with van der Waals surface area (Å²) in [6.45, 7) is 3.88. The summed E-state index contributed by atoms with van der Waals surface area (Å²) in [5.74, 6) is 1.11. The first-order valence-electron chi connectivity index (χ1n) is 4.42. The Balaban J connectivity index is 3.31. The van der Waals surface area contributed by atoms with Crippen molar-refractivity contribution in [3.63, 3.8) is 0 Å². The molecule has 0 N–H and O–H groups in total. The summed E-state index contributed by atoms with van der Waals surface area (Å²) in [4.78, 5) is 11.1. The third kappa shape index (κ3) is 6.41. The second kappa shape index (κ2) is 7.35. The van der Waals surface area contributed by atoms with E-state index < -0.39 is 0 Å². The van der Waals surface area contributed by atoms with Crippen molar-refractivity contribution in [1.82, 2.24) is 0 Å². The number of hydrogen-bond acceptors (Lipinski definition) is 1. The molecular weight excluding hydrogens is 172 g/mol. The number of halogens is 1. The topological polar surface area (TPSA) is 17.1 Å². The van der Waals surface area contributed by atoms with Gasteiger partial charge in [0.25, 0.3) is 0 Å². The van der Waals surface area contributed by atoms with Gasteiger partial charge in [0.1, 0.15) is 5.78 Å². The Hall–Kier alpha value is -0.300. The highest BCUT2D eigenvalue weighted by Gasteiger charge is 2.04. The number of ketones is 1. The zero-order chi connectivity index (χ0) is 9.40. The fourth-order valence-corrected chi connectivity index (χ4v) is 0.990. The van der Waals surface area contributed by atoms with Crippen molar-refractivity contribution in [2.75, 3.05) is 5.88 Å². The van der Waals surface area contributed by atoms with Gasteiger partial charge in [0, 0.05) is 18.2 Å². The number of allylic oxidation sites excluding steroid dienone is 2. The average molecular weight is 189 g/mol. The van der Waals surface area contributed by atoms with Gasteiger partial charge in [-0.3, -0.25) is 4.79 Å². The summed E-state index contributed by atoms with van der Waals surface area (Å²) in [6, 6.07) is 0. The Morgan fingerprint density at radius 2 is 2.08 bits per heavy atom. The van der Waals surface area contributed by atoms with Gasteiger partial charge in [-0.2, -0.15) is 0 Å². The van der Waals surface area contributed by atoms with E-state index in [9.17, 15) is 4.79 Å². The number of alkyl halides is 1. The molecule has 0 saturated carbocycles. The minimum Gasteiger partial charge on any atom is -0.299 e. The van der Waals surface area contributed by atoms with Gasteiger partial charge in [0.15, 0.2) is 0 Å². The van der Waals surface area contributed by atoms with Gasteiger partial charge in [-0.15, -0.1) is 11.6 Å². The molecule has 0 atom stereocenters. The van der Waals surface area contributed by atoms with Gasteiger partial charge in [0.05, 0.1) is 0 Å². The molecule has 0 aromatic heterocycles. The molecule has 0 saturated heterocycles. The van der Waals surface area contributed by atoms with E-state index in [1.807, 2.05) is 26.0 Å². The van der Waals surface area contributed by atoms with E-state index in [-0.39, 0.29) is 5.92 Å². The number of Topliss-reactive ketones (excluding diaryl/α,β-unsaturated/α-hetero) is 1. The van der Waals surface area contributed by atoms with Crippen LogP contribution in [0.2, 0.25) is 0 Å². The summed E-state index contributed by atoms with van der Waals surface area (Å²) in [6.07, 6.45) is 6.56. The quantitative estimate of drug-likeness (QED) is 0.356. The van der Waals surface area contributed by atoms with Crippen LogP contribution in [0, 0.1) is 5.92 Å². The summed E-state index contributed by atoms with van der Waals surface area (Å²) >= 11 is 5.44. The van der Waals surface area contributed by atoms with Crippen LogP contribution in [0.5, 0.6) is 0 Å². The summed E-state index contributed by atoms with van der Waals surface area (Å²) in [5.41, 5.74) is 0. The Kier molecular flexibility index (Phi) is 7.17. The molecule has 0 bridgehead atoms. The van der Waals surface area contributed by atoms with Crippen molar-refractivity contribution in [2.24, 2.45) is 5.92 Å². The van der Waals surface area contributed by atoms with Gasteiger partial charge >= 0.3 is 0 Å². The number of unbranched alkanes of at least 4 members (excludes halogenated alkanes) is 1. The van der Waals surface area contributed by atoms with Crippen LogP contribution in [0.15, 0.2) is 12.2 Å². The monoisotopic (exact) mass is 188 g/mol. The molecule has 1 nitrogen and oxygen atoms in total. The van der Waals surface area contributed by atoms with Gasteiger partial charge < -0.3 is 0 Å². The zero-order valence-corrected chi connectivity index (χ0v) is 8.60. The molecule has 0 heterocycles. The SMILES string of the molecule is CC(C)C(=O)CCC/C=C/CCl. The Morgan fingerprint density at radius 3 is 2.58 bits per heavy atom. The summed E-state index contributed by atoms with van der Waals surface area (Å²) in [5, 5.41) is 0.